The summed E-state index contributed by atoms with van der Waals surface area (Å²) in [7, 11) is -3.01. The number of nitrogens with zero attached hydrogens (tertiary/aromatic N) is 2. The van der Waals surface area contributed by atoms with Gasteiger partial charge in [0.2, 0.25) is 5.91 Å². The summed E-state index contributed by atoms with van der Waals surface area (Å²) < 4.78 is 22.6. The van der Waals surface area contributed by atoms with Gasteiger partial charge in [-0.15, -0.1) is 0 Å². The largest absolute Gasteiger partial charge is 0.369 e. The number of benzene rings is 1. The molecular weight excluding hydrogens is 360 g/mol. The van der Waals surface area contributed by atoms with Crippen LogP contribution in [-0.2, 0) is 21.1 Å². The van der Waals surface area contributed by atoms with E-state index in [9.17, 15) is 13.2 Å². The van der Waals surface area contributed by atoms with E-state index in [1.165, 1.54) is 43.2 Å². The molecule has 3 rings (SSSR count). The van der Waals surface area contributed by atoms with Crippen LogP contribution < -0.4 is 9.80 Å². The van der Waals surface area contributed by atoms with Gasteiger partial charge in [-0.25, -0.2) is 8.42 Å². The van der Waals surface area contributed by atoms with E-state index in [0.29, 0.717) is 12.5 Å². The summed E-state index contributed by atoms with van der Waals surface area (Å²) in [5.41, 5.74) is 3.54. The maximum absolute atomic E-state index is 12.7. The quantitative estimate of drug-likeness (QED) is 0.743. The minimum atomic E-state index is -3.01. The number of amides is 1. The molecule has 5 nitrogen and oxygen atoms in total. The molecule has 27 heavy (non-hydrogen) atoms. The van der Waals surface area contributed by atoms with Gasteiger partial charge in [0, 0.05) is 43.2 Å². The molecule has 2 aliphatic rings. The van der Waals surface area contributed by atoms with E-state index >= 15 is 0 Å². The van der Waals surface area contributed by atoms with E-state index in [2.05, 4.69) is 30.0 Å². The summed E-state index contributed by atoms with van der Waals surface area (Å²) in [5, 5.41) is 0. The normalized spacial score (nSPS) is 20.4. The number of hydrogen-bond acceptors (Lipinski definition) is 4. The standard InChI is InChI=1S/C21H32N2O3S/c1-3-18-9-4-5-13-22(18)19-11-12-20-17(16-19)8-6-14-23(20)21(24)10-7-15-27(2,25)26/h11-12,16,18H,3-10,13-15H2,1-2H3/t18-/m1/s1. The van der Waals surface area contributed by atoms with Crippen LogP contribution in [0.5, 0.6) is 0 Å². The zero-order chi connectivity index (χ0) is 19.4. The summed E-state index contributed by atoms with van der Waals surface area (Å²) in [4.78, 5) is 17.1. The number of carbonyl (C=O) groups excluding carboxylic acids is 1. The average molecular weight is 393 g/mol. The number of rotatable bonds is 6. The zero-order valence-corrected chi connectivity index (χ0v) is 17.4. The topological polar surface area (TPSA) is 57.7 Å². The molecule has 2 aliphatic heterocycles. The third kappa shape index (κ3) is 5.03. The second kappa shape index (κ2) is 8.63. The van der Waals surface area contributed by atoms with Gasteiger partial charge in [0.15, 0.2) is 0 Å². The Morgan fingerprint density at radius 1 is 1.19 bits per heavy atom. The van der Waals surface area contributed by atoms with Gasteiger partial charge in [0.1, 0.15) is 9.84 Å². The lowest BCUT2D eigenvalue weighted by atomic mass is 9.96. The van der Waals surface area contributed by atoms with Crippen molar-refractivity contribution >= 4 is 27.1 Å². The van der Waals surface area contributed by atoms with Crippen molar-refractivity contribution in [1.29, 1.82) is 0 Å². The summed E-state index contributed by atoms with van der Waals surface area (Å²) >= 11 is 0. The van der Waals surface area contributed by atoms with Crippen molar-refractivity contribution in [2.24, 2.45) is 0 Å². The molecule has 0 radical (unpaired) electrons. The molecule has 6 heteroatoms. The highest BCUT2D eigenvalue weighted by molar-refractivity contribution is 7.90. The number of hydrogen-bond donors (Lipinski definition) is 0. The number of anilines is 2. The minimum absolute atomic E-state index is 0.0387. The number of piperidine rings is 1. The SMILES string of the molecule is CC[C@@H]1CCCCN1c1ccc2c(c1)CCCN2C(=O)CCCS(C)(=O)=O. The molecule has 1 amide bonds. The van der Waals surface area contributed by atoms with Crippen molar-refractivity contribution in [3.8, 4) is 0 Å². The van der Waals surface area contributed by atoms with Crippen LogP contribution in [0.4, 0.5) is 11.4 Å². The maximum Gasteiger partial charge on any atom is 0.227 e. The van der Waals surface area contributed by atoms with Gasteiger partial charge >= 0.3 is 0 Å². The van der Waals surface area contributed by atoms with Crippen LogP contribution in [0.3, 0.4) is 0 Å². The summed E-state index contributed by atoms with van der Waals surface area (Å²) in [6, 6.07) is 7.16. The van der Waals surface area contributed by atoms with E-state index in [1.807, 2.05) is 4.90 Å². The van der Waals surface area contributed by atoms with Gasteiger partial charge in [0.05, 0.1) is 5.75 Å². The Kier molecular flexibility index (Phi) is 6.45. The van der Waals surface area contributed by atoms with Crippen LogP contribution in [0.1, 0.15) is 57.4 Å². The van der Waals surface area contributed by atoms with E-state index in [-0.39, 0.29) is 18.1 Å². The molecule has 0 unspecified atom stereocenters. The third-order valence-corrected chi connectivity index (χ3v) is 6.85. The van der Waals surface area contributed by atoms with E-state index < -0.39 is 9.84 Å². The molecule has 0 spiro atoms. The molecule has 0 N–H and O–H groups in total. The van der Waals surface area contributed by atoms with Crippen LogP contribution in [0.25, 0.3) is 0 Å². The highest BCUT2D eigenvalue weighted by Crippen LogP contribution is 2.34. The molecule has 1 aromatic rings. The smallest absolute Gasteiger partial charge is 0.227 e. The van der Waals surface area contributed by atoms with Crippen LogP contribution in [0, 0.1) is 0 Å². The fourth-order valence-electron chi connectivity index (χ4n) is 4.41. The molecule has 0 bridgehead atoms. The number of fused-ring (bicyclic) bond motifs is 1. The first-order chi connectivity index (χ1) is 12.9. The summed E-state index contributed by atoms with van der Waals surface area (Å²) in [6.45, 7) is 4.11. The van der Waals surface area contributed by atoms with Gasteiger partial charge in [-0.1, -0.05) is 6.92 Å². The van der Waals surface area contributed by atoms with E-state index in [4.69, 9.17) is 0 Å². The summed E-state index contributed by atoms with van der Waals surface area (Å²) in [5.74, 6) is 0.114. The number of carbonyl (C=O) groups is 1. The number of sulfone groups is 1. The van der Waals surface area contributed by atoms with Crippen LogP contribution in [0.2, 0.25) is 0 Å². The lowest BCUT2D eigenvalue weighted by Gasteiger charge is -2.38. The molecule has 1 atom stereocenters. The van der Waals surface area contributed by atoms with E-state index in [1.54, 1.807) is 0 Å². The lowest BCUT2D eigenvalue weighted by molar-refractivity contribution is -0.118. The Morgan fingerprint density at radius 3 is 2.74 bits per heavy atom. The molecule has 1 fully saturated rings. The van der Waals surface area contributed by atoms with Crippen LogP contribution >= 0.6 is 0 Å². The molecular formula is C21H32N2O3S. The molecule has 0 saturated carbocycles. The minimum Gasteiger partial charge on any atom is -0.369 e. The first-order valence-electron chi connectivity index (χ1n) is 10.3. The predicted octanol–water partition coefficient (Wildman–Crippen LogP) is 3.56. The van der Waals surface area contributed by atoms with Crippen LogP contribution in [0.15, 0.2) is 18.2 Å². The molecule has 1 saturated heterocycles. The number of aryl methyl sites for hydroxylation is 1. The Morgan fingerprint density at radius 2 is 2.00 bits per heavy atom. The fourth-order valence-corrected chi connectivity index (χ4v) is 5.08. The zero-order valence-electron chi connectivity index (χ0n) is 16.6. The molecule has 2 heterocycles. The molecule has 0 aromatic heterocycles. The Labute approximate surface area is 163 Å². The van der Waals surface area contributed by atoms with Gasteiger partial charge in [-0.05, 0) is 68.7 Å². The van der Waals surface area contributed by atoms with Gasteiger partial charge in [-0.3, -0.25) is 4.79 Å². The molecule has 150 valence electrons. The first-order valence-corrected chi connectivity index (χ1v) is 12.3. The Balaban J connectivity index is 1.73. The summed E-state index contributed by atoms with van der Waals surface area (Å²) in [6.07, 6.45) is 8.87. The third-order valence-electron chi connectivity index (χ3n) is 5.82. The van der Waals surface area contributed by atoms with E-state index in [0.717, 1.165) is 31.6 Å². The fraction of sp³-hybridized carbons (Fsp3) is 0.667. The van der Waals surface area contributed by atoms with Crippen molar-refractivity contribution in [3.05, 3.63) is 23.8 Å². The Hall–Kier alpha value is -1.56. The van der Waals surface area contributed by atoms with Crippen molar-refractivity contribution in [3.63, 3.8) is 0 Å². The van der Waals surface area contributed by atoms with Gasteiger partial charge in [-0.2, -0.15) is 0 Å². The Bertz CT molecular complexity index is 776. The lowest BCUT2D eigenvalue weighted by Crippen LogP contribution is -2.39. The van der Waals surface area contributed by atoms with Crippen molar-refractivity contribution in [2.75, 3.05) is 34.9 Å². The second-order valence-corrected chi connectivity index (χ2v) is 10.2. The highest BCUT2D eigenvalue weighted by Gasteiger charge is 2.25. The van der Waals surface area contributed by atoms with Crippen molar-refractivity contribution < 1.29 is 13.2 Å². The monoisotopic (exact) mass is 392 g/mol. The first kappa shape index (κ1) is 20.2. The predicted molar refractivity (Wildman–Crippen MR) is 111 cm³/mol. The maximum atomic E-state index is 12.7. The second-order valence-electron chi connectivity index (χ2n) is 7.95. The average Bonchev–Trinajstić information content (AvgIpc) is 2.66. The van der Waals surface area contributed by atoms with Crippen molar-refractivity contribution in [1.82, 2.24) is 0 Å². The van der Waals surface area contributed by atoms with Gasteiger partial charge < -0.3 is 9.80 Å². The van der Waals surface area contributed by atoms with Crippen molar-refractivity contribution in [2.45, 2.75) is 64.3 Å². The van der Waals surface area contributed by atoms with Crippen LogP contribution in [-0.4, -0.2) is 45.5 Å². The van der Waals surface area contributed by atoms with Gasteiger partial charge in [0.25, 0.3) is 0 Å². The molecule has 0 aliphatic carbocycles. The molecule has 1 aromatic carbocycles. The highest BCUT2D eigenvalue weighted by atomic mass is 32.2.